The Bertz CT molecular complexity index is 1560. The Balaban J connectivity index is 1.67. The maximum atomic E-state index is 6.06. The molecule has 0 amide bonds. The third-order valence-electron chi connectivity index (χ3n) is 6.54. The number of allylic oxidation sites excluding steroid dienone is 2. The second kappa shape index (κ2) is 10.0. The Labute approximate surface area is 218 Å². The summed E-state index contributed by atoms with van der Waals surface area (Å²) in [5.74, 6) is 1.98. The van der Waals surface area contributed by atoms with E-state index in [0.717, 1.165) is 58.6 Å². The quantitative estimate of drug-likeness (QED) is 0.263. The number of hydrogen-bond acceptors (Lipinski definition) is 8. The van der Waals surface area contributed by atoms with Gasteiger partial charge in [-0.05, 0) is 49.0 Å². The monoisotopic (exact) mass is 510 g/mol. The van der Waals surface area contributed by atoms with Crippen molar-refractivity contribution in [1.82, 2.24) is 24.8 Å². The lowest BCUT2D eigenvalue weighted by Gasteiger charge is -2.17. The molecule has 37 heavy (non-hydrogen) atoms. The van der Waals surface area contributed by atoms with Crippen molar-refractivity contribution in [3.8, 4) is 34.0 Å². The van der Waals surface area contributed by atoms with Crippen LogP contribution in [0.25, 0.3) is 33.6 Å². The second-order valence-corrected chi connectivity index (χ2v) is 9.58. The number of hydrogen-bond donors (Lipinski definition) is 1. The first kappa shape index (κ1) is 23.2. The van der Waals surface area contributed by atoms with E-state index in [1.54, 1.807) is 19.7 Å². The molecule has 3 aromatic heterocycles. The third kappa shape index (κ3) is 4.31. The summed E-state index contributed by atoms with van der Waals surface area (Å²) in [5, 5.41) is 17.3. The normalized spacial score (nSPS) is 13.4. The number of nitrogens with one attached hydrogen (secondary N) is 1. The van der Waals surface area contributed by atoms with Gasteiger partial charge in [0, 0.05) is 5.56 Å². The molecule has 0 unspecified atom stereocenters. The molecule has 2 aromatic carbocycles. The van der Waals surface area contributed by atoms with Crippen molar-refractivity contribution in [2.75, 3.05) is 19.5 Å². The number of anilines is 2. The van der Waals surface area contributed by atoms with E-state index in [2.05, 4.69) is 33.7 Å². The summed E-state index contributed by atoms with van der Waals surface area (Å²) >= 11 is 1.41. The Kier molecular flexibility index (Phi) is 6.28. The number of nitrogens with zero attached hydrogens (tertiary/aromatic N) is 5. The molecule has 1 N–H and O–H groups in total. The van der Waals surface area contributed by atoms with Crippen LogP contribution in [-0.2, 0) is 0 Å². The fourth-order valence-corrected chi connectivity index (χ4v) is 5.25. The Morgan fingerprint density at radius 2 is 1.76 bits per heavy atom. The highest BCUT2D eigenvalue weighted by molar-refractivity contribution is 7.13. The van der Waals surface area contributed by atoms with E-state index in [0.29, 0.717) is 16.8 Å². The molecule has 0 aliphatic heterocycles. The summed E-state index contributed by atoms with van der Waals surface area (Å²) in [6, 6.07) is 18.1. The highest BCUT2D eigenvalue weighted by Gasteiger charge is 2.27. The zero-order chi connectivity index (χ0) is 25.2. The number of benzene rings is 2. The van der Waals surface area contributed by atoms with E-state index in [4.69, 9.17) is 19.6 Å². The van der Waals surface area contributed by atoms with Crippen LogP contribution in [0.3, 0.4) is 0 Å². The molecule has 0 radical (unpaired) electrons. The van der Waals surface area contributed by atoms with Gasteiger partial charge in [-0.15, -0.1) is 10.2 Å². The van der Waals surface area contributed by atoms with Crippen molar-refractivity contribution in [3.05, 3.63) is 71.7 Å². The van der Waals surface area contributed by atoms with Crippen LogP contribution < -0.4 is 14.8 Å². The molecule has 0 fully saturated rings. The molecule has 0 saturated carbocycles. The van der Waals surface area contributed by atoms with Crippen molar-refractivity contribution < 1.29 is 9.47 Å². The number of fused-ring (bicyclic) bond motifs is 1. The molecule has 1 aliphatic rings. The van der Waals surface area contributed by atoms with Gasteiger partial charge in [0.2, 0.25) is 11.0 Å². The van der Waals surface area contributed by atoms with Crippen LogP contribution in [0.5, 0.6) is 11.6 Å². The van der Waals surface area contributed by atoms with Gasteiger partial charge in [-0.3, -0.25) is 0 Å². The summed E-state index contributed by atoms with van der Waals surface area (Å²) in [5.41, 5.74) is 8.38. The van der Waals surface area contributed by atoms with Gasteiger partial charge in [-0.2, -0.15) is 9.61 Å². The number of rotatable bonds is 7. The molecular weight excluding hydrogens is 484 g/mol. The van der Waals surface area contributed by atoms with Crippen LogP contribution in [0.2, 0.25) is 0 Å². The molecule has 9 heteroatoms. The van der Waals surface area contributed by atoms with Crippen LogP contribution in [0.15, 0.2) is 66.2 Å². The minimum atomic E-state index is 0.585. The zero-order valence-electron chi connectivity index (χ0n) is 20.6. The van der Waals surface area contributed by atoms with Gasteiger partial charge in [0.25, 0.3) is 0 Å². The zero-order valence-corrected chi connectivity index (χ0v) is 21.5. The summed E-state index contributed by atoms with van der Waals surface area (Å²) in [6.45, 7) is 0. The first-order valence-electron chi connectivity index (χ1n) is 12.2. The van der Waals surface area contributed by atoms with Crippen molar-refractivity contribution >= 4 is 33.5 Å². The summed E-state index contributed by atoms with van der Waals surface area (Å²) < 4.78 is 13.3. The maximum Gasteiger partial charge on any atom is 0.228 e. The highest BCUT2D eigenvalue weighted by Crippen LogP contribution is 2.43. The molecule has 0 bridgehead atoms. The minimum Gasteiger partial charge on any atom is -0.497 e. The predicted octanol–water partition coefficient (Wildman–Crippen LogP) is 6.63. The summed E-state index contributed by atoms with van der Waals surface area (Å²) in [4.78, 5) is 5.18. The van der Waals surface area contributed by atoms with Crippen molar-refractivity contribution in [2.45, 2.75) is 25.7 Å². The SMILES string of the molecule is COc1ccc(-c2c(Nc3nncs3)nc3c(C4=CCCCC4)c(-c4ccccc4)nn3c2OC)cc1. The first-order valence-corrected chi connectivity index (χ1v) is 13.1. The van der Waals surface area contributed by atoms with Gasteiger partial charge >= 0.3 is 0 Å². The Morgan fingerprint density at radius 3 is 2.43 bits per heavy atom. The molecule has 186 valence electrons. The first-order chi connectivity index (χ1) is 18.3. The standard InChI is InChI=1S/C28H26N6O2S/c1-35-21-15-13-19(14-16-21)23-25(31-28-32-29-17-37-28)30-26-22(18-9-5-3-6-10-18)24(20-11-7-4-8-12-20)33-34(26)27(23)36-2/h4,7-9,11-17H,3,5-6,10H2,1-2H3,(H,30,31,32). The lowest BCUT2D eigenvalue weighted by molar-refractivity contribution is 0.387. The van der Waals surface area contributed by atoms with Gasteiger partial charge < -0.3 is 14.8 Å². The average molecular weight is 511 g/mol. The van der Waals surface area contributed by atoms with Crippen LogP contribution in [-0.4, -0.2) is 39.0 Å². The number of ether oxygens (including phenoxy) is 2. The second-order valence-electron chi connectivity index (χ2n) is 8.74. The van der Waals surface area contributed by atoms with Crippen LogP contribution in [0.1, 0.15) is 31.2 Å². The summed E-state index contributed by atoms with van der Waals surface area (Å²) in [7, 11) is 3.32. The van der Waals surface area contributed by atoms with Crippen molar-refractivity contribution in [1.29, 1.82) is 0 Å². The van der Waals surface area contributed by atoms with E-state index in [1.165, 1.54) is 23.3 Å². The Hall–Kier alpha value is -4.24. The molecule has 6 rings (SSSR count). The van der Waals surface area contributed by atoms with E-state index >= 15 is 0 Å². The van der Waals surface area contributed by atoms with Gasteiger partial charge in [0.15, 0.2) is 5.65 Å². The van der Waals surface area contributed by atoms with Crippen LogP contribution in [0, 0.1) is 0 Å². The molecule has 1 aliphatic carbocycles. The fourth-order valence-electron chi connectivity index (χ4n) is 4.81. The van der Waals surface area contributed by atoms with Gasteiger partial charge in [-0.1, -0.05) is 59.9 Å². The number of aromatic nitrogens is 5. The van der Waals surface area contributed by atoms with Gasteiger partial charge in [0.1, 0.15) is 22.8 Å². The van der Waals surface area contributed by atoms with Crippen molar-refractivity contribution in [3.63, 3.8) is 0 Å². The Morgan fingerprint density at radius 1 is 0.919 bits per heavy atom. The third-order valence-corrected chi connectivity index (χ3v) is 7.15. The highest BCUT2D eigenvalue weighted by atomic mass is 32.1. The van der Waals surface area contributed by atoms with Gasteiger partial charge in [0.05, 0.1) is 25.3 Å². The molecule has 0 atom stereocenters. The fraction of sp³-hybridized carbons (Fsp3) is 0.214. The van der Waals surface area contributed by atoms with Crippen LogP contribution in [0.4, 0.5) is 10.9 Å². The van der Waals surface area contributed by atoms with E-state index in [-0.39, 0.29) is 0 Å². The van der Waals surface area contributed by atoms with Crippen LogP contribution >= 0.6 is 11.3 Å². The van der Waals surface area contributed by atoms with Crippen molar-refractivity contribution in [2.24, 2.45) is 0 Å². The van der Waals surface area contributed by atoms with E-state index in [9.17, 15) is 0 Å². The number of methoxy groups -OCH3 is 2. The summed E-state index contributed by atoms with van der Waals surface area (Å²) in [6.07, 6.45) is 6.72. The minimum absolute atomic E-state index is 0.585. The lowest BCUT2D eigenvalue weighted by atomic mass is 9.92. The molecular formula is C28H26N6O2S. The topological polar surface area (TPSA) is 86.5 Å². The molecule has 8 nitrogen and oxygen atoms in total. The van der Waals surface area contributed by atoms with E-state index in [1.807, 2.05) is 47.0 Å². The molecule has 0 saturated heterocycles. The lowest BCUT2D eigenvalue weighted by Crippen LogP contribution is -2.06. The molecule has 3 heterocycles. The average Bonchev–Trinajstić information content (AvgIpc) is 3.61. The predicted molar refractivity (Wildman–Crippen MR) is 147 cm³/mol. The van der Waals surface area contributed by atoms with Gasteiger partial charge in [-0.25, -0.2) is 4.98 Å². The smallest absolute Gasteiger partial charge is 0.228 e. The largest absolute Gasteiger partial charge is 0.497 e. The maximum absolute atomic E-state index is 6.06. The molecule has 0 spiro atoms. The molecule has 5 aromatic rings. The van der Waals surface area contributed by atoms with E-state index < -0.39 is 0 Å².